The van der Waals surface area contributed by atoms with Crippen LogP contribution in [0.25, 0.3) is 11.3 Å². The minimum Gasteiger partial charge on any atom is -0.478 e. The number of aromatic nitrogens is 1. The summed E-state index contributed by atoms with van der Waals surface area (Å²) in [6.45, 7) is 0.337. The average Bonchev–Trinajstić information content (AvgIpc) is 3.60. The Morgan fingerprint density at radius 2 is 1.72 bits per heavy atom. The summed E-state index contributed by atoms with van der Waals surface area (Å²) in [7, 11) is 0. The molecule has 8 heteroatoms. The molecule has 6 rings (SSSR count). The van der Waals surface area contributed by atoms with Crippen molar-refractivity contribution in [2.45, 2.75) is 62.8 Å². The highest BCUT2D eigenvalue weighted by Gasteiger charge is 2.54. The molecule has 0 aliphatic heterocycles. The highest BCUT2D eigenvalue weighted by Crippen LogP contribution is 2.56. The van der Waals surface area contributed by atoms with Crippen LogP contribution in [0.5, 0.6) is 0 Å². The van der Waals surface area contributed by atoms with Gasteiger partial charge in [0.15, 0.2) is 0 Å². The van der Waals surface area contributed by atoms with Crippen LogP contribution < -0.4 is 0 Å². The van der Waals surface area contributed by atoms with E-state index in [2.05, 4.69) is 5.16 Å². The maximum absolute atomic E-state index is 11.8. The normalized spacial score (nSPS) is 27.4. The zero-order valence-corrected chi connectivity index (χ0v) is 21.1. The second kappa shape index (κ2) is 9.18. The number of carboxylic acids is 1. The number of aliphatic hydroxyl groups is 1. The van der Waals surface area contributed by atoms with Crippen molar-refractivity contribution in [1.82, 2.24) is 5.16 Å². The van der Waals surface area contributed by atoms with Gasteiger partial charge in [-0.25, -0.2) is 4.79 Å². The summed E-state index contributed by atoms with van der Waals surface area (Å²) in [5.74, 6) is 0.225. The van der Waals surface area contributed by atoms with Crippen LogP contribution in [-0.4, -0.2) is 27.4 Å². The van der Waals surface area contributed by atoms with E-state index < -0.39 is 11.6 Å². The van der Waals surface area contributed by atoms with Gasteiger partial charge in [-0.3, -0.25) is 0 Å². The lowest BCUT2D eigenvalue weighted by Gasteiger charge is -2.43. The van der Waals surface area contributed by atoms with Gasteiger partial charge in [-0.05, 0) is 80.2 Å². The molecular formula is C28H27Cl2NO5. The van der Waals surface area contributed by atoms with Crippen LogP contribution >= 0.6 is 23.2 Å². The predicted octanol–water partition coefficient (Wildman–Crippen LogP) is 6.82. The Labute approximate surface area is 219 Å². The molecule has 0 amide bonds. The smallest absolute Gasteiger partial charge is 0.335 e. The molecule has 2 atom stereocenters. The van der Waals surface area contributed by atoms with E-state index in [0.29, 0.717) is 52.2 Å². The van der Waals surface area contributed by atoms with Crippen molar-refractivity contribution >= 4 is 29.2 Å². The van der Waals surface area contributed by atoms with Crippen LogP contribution in [0.2, 0.25) is 10.0 Å². The maximum atomic E-state index is 11.8. The fraction of sp³-hybridized carbons (Fsp3) is 0.429. The van der Waals surface area contributed by atoms with Crippen molar-refractivity contribution in [3.8, 4) is 11.3 Å². The van der Waals surface area contributed by atoms with E-state index in [1.165, 1.54) is 0 Å². The standard InChI is InChI=1S/C28H27Cl2NO5/c29-22-5-2-6-23(30)24(22)25-21(26(36-31-25)15-7-8-15)14-35-20-12-18-9-10-19(13-20)28(18,34)17-4-1-3-16(11-17)27(32)33/h1-6,11,15,18-20,34H,7-10,12-14H2,(H,32,33). The Kier molecular flexibility index (Phi) is 6.11. The molecule has 0 saturated heterocycles. The highest BCUT2D eigenvalue weighted by atomic mass is 35.5. The molecule has 3 fully saturated rings. The first-order chi connectivity index (χ1) is 17.4. The second-order valence-corrected chi connectivity index (χ2v) is 11.1. The number of carboxylic acid groups (broad SMARTS) is 1. The second-order valence-electron chi connectivity index (χ2n) is 10.3. The quantitative estimate of drug-likeness (QED) is 0.350. The van der Waals surface area contributed by atoms with Crippen molar-refractivity contribution in [2.75, 3.05) is 0 Å². The van der Waals surface area contributed by atoms with Crippen LogP contribution in [-0.2, 0) is 16.9 Å². The van der Waals surface area contributed by atoms with Gasteiger partial charge in [0.05, 0.1) is 33.9 Å². The van der Waals surface area contributed by atoms with Gasteiger partial charge in [0.2, 0.25) is 0 Å². The molecule has 36 heavy (non-hydrogen) atoms. The molecule has 2 aromatic carbocycles. The largest absolute Gasteiger partial charge is 0.478 e. The molecule has 3 saturated carbocycles. The SMILES string of the molecule is O=C(O)c1cccc(C2(O)C3CCC2CC(OCc2c(-c4c(Cl)cccc4Cl)noc2C2CC2)C3)c1. The average molecular weight is 528 g/mol. The number of hydrogen-bond donors (Lipinski definition) is 2. The topological polar surface area (TPSA) is 92.8 Å². The zero-order valence-electron chi connectivity index (χ0n) is 19.6. The molecule has 1 heterocycles. The number of hydrogen-bond acceptors (Lipinski definition) is 5. The molecule has 0 spiro atoms. The van der Waals surface area contributed by atoms with Crippen molar-refractivity contribution in [1.29, 1.82) is 0 Å². The van der Waals surface area contributed by atoms with Crippen molar-refractivity contribution < 1.29 is 24.3 Å². The van der Waals surface area contributed by atoms with Crippen molar-refractivity contribution in [2.24, 2.45) is 11.8 Å². The van der Waals surface area contributed by atoms with Crippen LogP contribution in [0.4, 0.5) is 0 Å². The van der Waals surface area contributed by atoms with E-state index in [9.17, 15) is 15.0 Å². The van der Waals surface area contributed by atoms with E-state index in [-0.39, 0.29) is 23.5 Å². The monoisotopic (exact) mass is 527 g/mol. The lowest BCUT2D eigenvalue weighted by Crippen LogP contribution is -2.44. The molecule has 3 aromatic rings. The lowest BCUT2D eigenvalue weighted by atomic mass is 9.69. The first kappa shape index (κ1) is 24.0. The Hall–Kier alpha value is -2.38. The molecule has 2 unspecified atom stereocenters. The fourth-order valence-electron chi connectivity index (χ4n) is 6.26. The summed E-state index contributed by atoms with van der Waals surface area (Å²) in [5.41, 5.74) is 2.05. The van der Waals surface area contributed by atoms with Crippen molar-refractivity contribution in [3.05, 3.63) is 75.0 Å². The summed E-state index contributed by atoms with van der Waals surface area (Å²) >= 11 is 13.0. The Morgan fingerprint density at radius 1 is 1.06 bits per heavy atom. The van der Waals surface area contributed by atoms with Gasteiger partial charge in [0.25, 0.3) is 0 Å². The third-order valence-electron chi connectivity index (χ3n) is 8.20. The number of rotatable bonds is 7. The van der Waals surface area contributed by atoms with E-state index in [1.54, 1.807) is 36.4 Å². The van der Waals surface area contributed by atoms with Gasteiger partial charge in [-0.2, -0.15) is 0 Å². The fourth-order valence-corrected chi connectivity index (χ4v) is 6.84. The van der Waals surface area contributed by atoms with E-state index in [1.807, 2.05) is 6.07 Å². The summed E-state index contributed by atoms with van der Waals surface area (Å²) in [6.07, 6.45) is 5.29. The number of fused-ring (bicyclic) bond motifs is 2. The Bertz CT molecular complexity index is 1280. The number of aromatic carboxylic acids is 1. The maximum Gasteiger partial charge on any atom is 0.335 e. The van der Waals surface area contributed by atoms with Crippen LogP contribution in [0, 0.1) is 11.8 Å². The minimum absolute atomic E-state index is 0.00755. The van der Waals surface area contributed by atoms with Gasteiger partial charge >= 0.3 is 5.97 Å². The first-order valence-corrected chi connectivity index (χ1v) is 13.2. The Balaban J connectivity index is 1.23. The number of halogens is 2. The molecule has 188 valence electrons. The number of nitrogens with zero attached hydrogens (tertiary/aromatic N) is 1. The summed E-state index contributed by atoms with van der Waals surface area (Å²) in [6, 6.07) is 12.1. The molecule has 3 aliphatic carbocycles. The number of ether oxygens (including phenoxy) is 1. The van der Waals surface area contributed by atoms with E-state index >= 15 is 0 Å². The predicted molar refractivity (Wildman–Crippen MR) is 135 cm³/mol. The zero-order chi connectivity index (χ0) is 25.0. The molecule has 1 aromatic heterocycles. The lowest BCUT2D eigenvalue weighted by molar-refractivity contribution is -0.116. The number of benzene rings is 2. The highest BCUT2D eigenvalue weighted by molar-refractivity contribution is 6.39. The van der Waals surface area contributed by atoms with Gasteiger partial charge in [0, 0.05) is 17.0 Å². The molecule has 6 nitrogen and oxygen atoms in total. The van der Waals surface area contributed by atoms with Crippen LogP contribution in [0.3, 0.4) is 0 Å². The van der Waals surface area contributed by atoms with E-state index in [0.717, 1.165) is 37.0 Å². The molecule has 2 N–H and O–H groups in total. The molecule has 3 aliphatic rings. The first-order valence-electron chi connectivity index (χ1n) is 12.5. The Morgan fingerprint density at radius 3 is 2.36 bits per heavy atom. The summed E-state index contributed by atoms with van der Waals surface area (Å²) < 4.78 is 12.2. The van der Waals surface area contributed by atoms with Gasteiger partial charge in [-0.15, -0.1) is 0 Å². The van der Waals surface area contributed by atoms with Crippen LogP contribution in [0.1, 0.15) is 71.7 Å². The van der Waals surface area contributed by atoms with Gasteiger partial charge in [-0.1, -0.05) is 46.6 Å². The van der Waals surface area contributed by atoms with Gasteiger partial charge < -0.3 is 19.5 Å². The van der Waals surface area contributed by atoms with E-state index in [4.69, 9.17) is 32.5 Å². The number of carbonyl (C=O) groups is 1. The summed E-state index contributed by atoms with van der Waals surface area (Å²) in [4.78, 5) is 11.5. The molecule has 2 bridgehead atoms. The molecular weight excluding hydrogens is 501 g/mol. The summed E-state index contributed by atoms with van der Waals surface area (Å²) in [5, 5.41) is 26.6. The third kappa shape index (κ3) is 4.04. The minimum atomic E-state index is -1.03. The van der Waals surface area contributed by atoms with Gasteiger partial charge in [0.1, 0.15) is 11.5 Å². The van der Waals surface area contributed by atoms with Crippen molar-refractivity contribution in [3.63, 3.8) is 0 Å². The molecule has 0 radical (unpaired) electrons. The van der Waals surface area contributed by atoms with Crippen LogP contribution in [0.15, 0.2) is 47.0 Å². The third-order valence-corrected chi connectivity index (χ3v) is 8.83.